The predicted molar refractivity (Wildman–Crippen MR) is 118 cm³/mol. The van der Waals surface area contributed by atoms with Gasteiger partial charge >= 0.3 is 0 Å². The molecule has 5 rings (SSSR count). The van der Waals surface area contributed by atoms with Gasteiger partial charge in [-0.3, -0.25) is 9.48 Å². The van der Waals surface area contributed by atoms with E-state index >= 15 is 0 Å². The van der Waals surface area contributed by atoms with E-state index in [9.17, 15) is 4.79 Å². The molecule has 1 aromatic carbocycles. The van der Waals surface area contributed by atoms with Crippen molar-refractivity contribution in [1.29, 1.82) is 0 Å². The van der Waals surface area contributed by atoms with Crippen molar-refractivity contribution in [3.63, 3.8) is 0 Å². The SMILES string of the molecule is NC(=O)c1nnc(N[C@@H]2CCCC[C@@H]2N)nc1Nc1ccc2cn(C3CCC3)nc2c1. The van der Waals surface area contributed by atoms with Crippen molar-refractivity contribution in [2.24, 2.45) is 11.5 Å². The van der Waals surface area contributed by atoms with Crippen LogP contribution in [0.25, 0.3) is 10.9 Å². The quantitative estimate of drug-likeness (QED) is 0.474. The highest BCUT2D eigenvalue weighted by molar-refractivity contribution is 5.96. The maximum absolute atomic E-state index is 11.9. The van der Waals surface area contributed by atoms with Gasteiger partial charge in [0.1, 0.15) is 0 Å². The average molecular weight is 422 g/mol. The maximum Gasteiger partial charge on any atom is 0.273 e. The number of anilines is 3. The molecule has 3 aromatic rings. The van der Waals surface area contributed by atoms with Crippen molar-refractivity contribution < 1.29 is 4.79 Å². The number of nitrogens with two attached hydrogens (primary N) is 2. The van der Waals surface area contributed by atoms with Gasteiger partial charge in [0.05, 0.1) is 11.6 Å². The zero-order valence-electron chi connectivity index (χ0n) is 17.3. The zero-order valence-corrected chi connectivity index (χ0v) is 17.3. The molecule has 31 heavy (non-hydrogen) atoms. The molecule has 0 aliphatic heterocycles. The van der Waals surface area contributed by atoms with Crippen LogP contribution in [-0.4, -0.2) is 43.0 Å². The average Bonchev–Trinajstić information content (AvgIpc) is 3.11. The van der Waals surface area contributed by atoms with Crippen molar-refractivity contribution in [3.05, 3.63) is 30.1 Å². The topological polar surface area (TPSA) is 150 Å². The third-order valence-corrected chi connectivity index (χ3v) is 6.29. The maximum atomic E-state index is 11.9. The van der Waals surface area contributed by atoms with Gasteiger partial charge in [0.15, 0.2) is 11.5 Å². The van der Waals surface area contributed by atoms with Crippen LogP contribution < -0.4 is 22.1 Å². The summed E-state index contributed by atoms with van der Waals surface area (Å²) in [6, 6.07) is 6.47. The summed E-state index contributed by atoms with van der Waals surface area (Å²) in [5, 5.41) is 20.2. The van der Waals surface area contributed by atoms with Gasteiger partial charge in [-0.1, -0.05) is 12.8 Å². The highest BCUT2D eigenvalue weighted by Gasteiger charge is 2.24. The van der Waals surface area contributed by atoms with Crippen LogP contribution in [0, 0.1) is 0 Å². The van der Waals surface area contributed by atoms with Crippen LogP contribution in [0.4, 0.5) is 17.5 Å². The van der Waals surface area contributed by atoms with Crippen molar-refractivity contribution in [3.8, 4) is 0 Å². The van der Waals surface area contributed by atoms with E-state index in [-0.39, 0.29) is 23.6 Å². The van der Waals surface area contributed by atoms with Gasteiger partial charge < -0.3 is 22.1 Å². The first-order valence-corrected chi connectivity index (χ1v) is 10.9. The van der Waals surface area contributed by atoms with E-state index in [2.05, 4.69) is 36.7 Å². The van der Waals surface area contributed by atoms with Crippen LogP contribution >= 0.6 is 0 Å². The van der Waals surface area contributed by atoms with E-state index in [1.807, 2.05) is 18.2 Å². The molecule has 1 amide bonds. The second kappa shape index (κ2) is 8.10. The predicted octanol–water partition coefficient (Wildman–Crippen LogP) is 2.47. The zero-order chi connectivity index (χ0) is 21.4. The Hall–Kier alpha value is -3.27. The number of fused-ring (bicyclic) bond motifs is 1. The summed E-state index contributed by atoms with van der Waals surface area (Å²) in [5.74, 6) is -0.115. The smallest absolute Gasteiger partial charge is 0.273 e. The summed E-state index contributed by atoms with van der Waals surface area (Å²) in [5.41, 5.74) is 13.3. The lowest BCUT2D eigenvalue weighted by molar-refractivity contribution is 0.0995. The fraction of sp³-hybridized carbons (Fsp3) is 0.476. The normalized spacial score (nSPS) is 21.6. The van der Waals surface area contributed by atoms with E-state index in [0.717, 1.165) is 42.3 Å². The number of hydrogen-bond acceptors (Lipinski definition) is 8. The minimum absolute atomic E-state index is 0.0152. The molecular weight excluding hydrogens is 394 g/mol. The molecular formula is C21H27N9O. The Kier molecular flexibility index (Phi) is 5.14. The van der Waals surface area contributed by atoms with E-state index in [1.165, 1.54) is 19.3 Å². The Labute approximate surface area is 179 Å². The number of carbonyl (C=O) groups is 1. The number of aromatic nitrogens is 5. The third-order valence-electron chi connectivity index (χ3n) is 6.29. The van der Waals surface area contributed by atoms with Gasteiger partial charge in [-0.05, 0) is 50.3 Å². The lowest BCUT2D eigenvalue weighted by atomic mass is 9.91. The minimum atomic E-state index is -0.696. The Morgan fingerprint density at radius 3 is 2.68 bits per heavy atom. The molecule has 2 heterocycles. The van der Waals surface area contributed by atoms with Crippen LogP contribution in [0.1, 0.15) is 61.5 Å². The first kappa shape index (κ1) is 19.7. The molecule has 0 bridgehead atoms. The molecule has 2 aromatic heterocycles. The molecule has 2 aliphatic rings. The highest BCUT2D eigenvalue weighted by Crippen LogP contribution is 2.32. The van der Waals surface area contributed by atoms with E-state index in [1.54, 1.807) is 0 Å². The number of amides is 1. The Balaban J connectivity index is 1.40. The molecule has 0 unspecified atom stereocenters. The van der Waals surface area contributed by atoms with Crippen molar-refractivity contribution in [1.82, 2.24) is 25.0 Å². The van der Waals surface area contributed by atoms with Gasteiger partial charge in [0, 0.05) is 29.4 Å². The molecule has 2 aliphatic carbocycles. The van der Waals surface area contributed by atoms with E-state index in [4.69, 9.17) is 16.6 Å². The lowest BCUT2D eigenvalue weighted by Crippen LogP contribution is -2.43. The second-order valence-corrected chi connectivity index (χ2v) is 8.49. The minimum Gasteiger partial charge on any atom is -0.364 e. The van der Waals surface area contributed by atoms with Crippen molar-refractivity contribution in [2.45, 2.75) is 63.1 Å². The highest BCUT2D eigenvalue weighted by atomic mass is 16.1. The fourth-order valence-corrected chi connectivity index (χ4v) is 4.23. The number of nitrogens with one attached hydrogen (secondary N) is 2. The van der Waals surface area contributed by atoms with Gasteiger partial charge in [0.25, 0.3) is 5.91 Å². The van der Waals surface area contributed by atoms with E-state index < -0.39 is 5.91 Å². The van der Waals surface area contributed by atoms with Crippen molar-refractivity contribution in [2.75, 3.05) is 10.6 Å². The number of carbonyl (C=O) groups excluding carboxylic acids is 1. The van der Waals surface area contributed by atoms with Gasteiger partial charge in [0.2, 0.25) is 5.95 Å². The largest absolute Gasteiger partial charge is 0.364 e. The summed E-state index contributed by atoms with van der Waals surface area (Å²) >= 11 is 0. The summed E-state index contributed by atoms with van der Waals surface area (Å²) < 4.78 is 2.05. The van der Waals surface area contributed by atoms with Gasteiger partial charge in [-0.2, -0.15) is 10.1 Å². The van der Waals surface area contributed by atoms with Gasteiger partial charge in [-0.15, -0.1) is 10.2 Å². The molecule has 10 nitrogen and oxygen atoms in total. The summed E-state index contributed by atoms with van der Waals surface area (Å²) in [7, 11) is 0. The van der Waals surface area contributed by atoms with Gasteiger partial charge in [-0.25, -0.2) is 0 Å². The molecule has 0 spiro atoms. The number of rotatable bonds is 6. The van der Waals surface area contributed by atoms with Crippen LogP contribution in [0.2, 0.25) is 0 Å². The Morgan fingerprint density at radius 1 is 1.10 bits per heavy atom. The molecule has 162 valence electrons. The summed E-state index contributed by atoms with van der Waals surface area (Å²) in [6.07, 6.45) is 9.84. The van der Waals surface area contributed by atoms with Crippen LogP contribution in [0.15, 0.2) is 24.4 Å². The van der Waals surface area contributed by atoms with E-state index in [0.29, 0.717) is 12.0 Å². The summed E-state index contributed by atoms with van der Waals surface area (Å²) in [4.78, 5) is 16.4. The molecule has 2 fully saturated rings. The molecule has 0 saturated heterocycles. The monoisotopic (exact) mass is 421 g/mol. The standard InChI is InChI=1S/C21H27N9O/c22-15-6-1-2-7-16(15)25-21-26-20(18(19(23)31)27-28-21)24-13-9-8-12-11-30(14-4-3-5-14)29-17(12)10-13/h8-11,14-16H,1-7,22H2,(H2,23,31)(H2,24,25,26,28)/t15-,16+/m0/s1. The molecule has 2 atom stereocenters. The second-order valence-electron chi connectivity index (χ2n) is 8.49. The first-order chi connectivity index (χ1) is 15.1. The van der Waals surface area contributed by atoms with Crippen LogP contribution in [-0.2, 0) is 0 Å². The van der Waals surface area contributed by atoms with Crippen LogP contribution in [0.5, 0.6) is 0 Å². The number of primary amides is 1. The molecule has 10 heteroatoms. The lowest BCUT2D eigenvalue weighted by Gasteiger charge is -2.29. The molecule has 0 radical (unpaired) electrons. The molecule has 6 N–H and O–H groups in total. The summed E-state index contributed by atoms with van der Waals surface area (Å²) in [6.45, 7) is 0. The molecule has 2 saturated carbocycles. The number of benzene rings is 1. The third kappa shape index (κ3) is 4.02. The van der Waals surface area contributed by atoms with Crippen molar-refractivity contribution >= 4 is 34.3 Å². The Bertz CT molecular complexity index is 1110. The number of nitrogens with zero attached hydrogens (tertiary/aromatic N) is 5. The Morgan fingerprint density at radius 2 is 1.94 bits per heavy atom. The van der Waals surface area contributed by atoms with Crippen LogP contribution in [0.3, 0.4) is 0 Å². The fourth-order valence-electron chi connectivity index (χ4n) is 4.23. The first-order valence-electron chi connectivity index (χ1n) is 10.9. The number of hydrogen-bond donors (Lipinski definition) is 4.